The molecule has 0 spiro atoms. The van der Waals surface area contributed by atoms with E-state index in [2.05, 4.69) is 21.2 Å². The van der Waals surface area contributed by atoms with Gasteiger partial charge in [-0.2, -0.15) is 0 Å². The quantitative estimate of drug-likeness (QED) is 0.696. The lowest BCUT2D eigenvalue weighted by atomic mass is 9.97. The first-order chi connectivity index (χ1) is 14.9. The smallest absolute Gasteiger partial charge is 0.324 e. The number of amides is 3. The van der Waals surface area contributed by atoms with E-state index in [1.54, 1.807) is 4.90 Å². The van der Waals surface area contributed by atoms with Crippen LogP contribution < -0.4 is 15.0 Å². The summed E-state index contributed by atoms with van der Waals surface area (Å²) in [4.78, 5) is 29.8. The Morgan fingerprint density at radius 2 is 2.03 bits per heavy atom. The number of hydrogen-bond donors (Lipinski definition) is 1. The number of anilines is 1. The molecule has 2 aromatic rings. The van der Waals surface area contributed by atoms with E-state index in [0.29, 0.717) is 26.2 Å². The average Bonchev–Trinajstić information content (AvgIpc) is 2.77. The van der Waals surface area contributed by atoms with Gasteiger partial charge in [0.1, 0.15) is 11.9 Å². The highest BCUT2D eigenvalue weighted by molar-refractivity contribution is 9.10. The number of urea groups is 1. The monoisotopic (exact) mass is 485 g/mol. The lowest BCUT2D eigenvalue weighted by molar-refractivity contribution is -0.126. The topological polar surface area (TPSA) is 61.9 Å². The molecule has 2 atom stereocenters. The zero-order chi connectivity index (χ0) is 22.0. The number of nitrogens with zero attached hydrogens (tertiary/aromatic N) is 2. The van der Waals surface area contributed by atoms with Crippen LogP contribution in [-0.2, 0) is 11.3 Å². The molecule has 0 bridgehead atoms. The second kappa shape index (κ2) is 9.30. The lowest BCUT2D eigenvalue weighted by Gasteiger charge is -2.39. The predicted molar refractivity (Wildman–Crippen MR) is 124 cm³/mol. The maximum atomic E-state index is 13.4. The summed E-state index contributed by atoms with van der Waals surface area (Å²) in [6, 6.07) is 13.8. The van der Waals surface area contributed by atoms with Gasteiger partial charge in [-0.25, -0.2) is 4.79 Å². The van der Waals surface area contributed by atoms with Crippen LogP contribution in [-0.4, -0.2) is 42.6 Å². The van der Waals surface area contributed by atoms with E-state index in [1.165, 1.54) is 0 Å². The molecule has 2 aliphatic heterocycles. The fraction of sp³-hybridized carbons (Fsp3) is 0.417. The van der Waals surface area contributed by atoms with Gasteiger partial charge in [-0.05, 0) is 62.1 Å². The Balaban J connectivity index is 1.42. The summed E-state index contributed by atoms with van der Waals surface area (Å²) in [6.07, 6.45) is 1.54. The summed E-state index contributed by atoms with van der Waals surface area (Å²) in [5.74, 6) is 0.544. The number of piperidine rings is 1. The van der Waals surface area contributed by atoms with Crippen molar-refractivity contribution in [2.24, 2.45) is 5.92 Å². The predicted octanol–water partition coefficient (Wildman–Crippen LogP) is 4.49. The van der Waals surface area contributed by atoms with Crippen LogP contribution in [0.2, 0.25) is 0 Å². The van der Waals surface area contributed by atoms with Gasteiger partial charge in [-0.15, -0.1) is 0 Å². The molecule has 0 radical (unpaired) electrons. The Hall–Kier alpha value is -2.54. The van der Waals surface area contributed by atoms with Gasteiger partial charge in [-0.1, -0.05) is 34.1 Å². The number of fused-ring (bicyclic) bond motifs is 1. The zero-order valence-electron chi connectivity index (χ0n) is 17.9. The van der Waals surface area contributed by atoms with Crippen LogP contribution in [0, 0.1) is 12.8 Å². The van der Waals surface area contributed by atoms with Crippen molar-refractivity contribution in [2.45, 2.75) is 39.3 Å². The van der Waals surface area contributed by atoms with Gasteiger partial charge in [0, 0.05) is 24.1 Å². The van der Waals surface area contributed by atoms with Gasteiger partial charge in [0.15, 0.2) is 0 Å². The summed E-state index contributed by atoms with van der Waals surface area (Å²) in [5, 5.41) is 3.03. The number of likely N-dealkylation sites (tertiary alicyclic amines) is 1. The van der Waals surface area contributed by atoms with Crippen molar-refractivity contribution < 1.29 is 14.3 Å². The molecular weight excluding hydrogens is 458 g/mol. The number of carbonyl (C=O) groups is 2. The molecule has 0 aromatic heterocycles. The summed E-state index contributed by atoms with van der Waals surface area (Å²) < 4.78 is 6.91. The van der Waals surface area contributed by atoms with Crippen LogP contribution >= 0.6 is 15.9 Å². The first-order valence-electron chi connectivity index (χ1n) is 10.8. The molecule has 0 unspecified atom stereocenters. The molecule has 1 N–H and O–H groups in total. The van der Waals surface area contributed by atoms with Gasteiger partial charge < -0.3 is 15.0 Å². The van der Waals surface area contributed by atoms with E-state index in [1.807, 2.05) is 61.2 Å². The molecule has 2 heterocycles. The molecule has 164 valence electrons. The number of hydrogen-bond acceptors (Lipinski definition) is 3. The second-order valence-electron chi connectivity index (χ2n) is 8.43. The van der Waals surface area contributed by atoms with E-state index in [-0.39, 0.29) is 24.0 Å². The summed E-state index contributed by atoms with van der Waals surface area (Å²) in [6.45, 7) is 6.07. The van der Waals surface area contributed by atoms with Crippen molar-refractivity contribution in [1.82, 2.24) is 10.2 Å². The van der Waals surface area contributed by atoms with E-state index < -0.39 is 0 Å². The molecule has 4 rings (SSSR count). The minimum atomic E-state index is -0.194. The molecule has 0 saturated carbocycles. The number of ether oxygens (including phenoxy) is 1. The number of nitrogens with one attached hydrogen (secondary N) is 1. The largest absolute Gasteiger partial charge is 0.487 e. The third-order valence-corrected chi connectivity index (χ3v) is 6.32. The van der Waals surface area contributed by atoms with Crippen LogP contribution in [0.5, 0.6) is 5.75 Å². The maximum Gasteiger partial charge on any atom is 0.324 e. The number of benzene rings is 2. The number of aryl methyl sites for hydroxylation is 1. The van der Waals surface area contributed by atoms with Crippen LogP contribution in [0.3, 0.4) is 0 Å². The van der Waals surface area contributed by atoms with Gasteiger partial charge in [-0.3, -0.25) is 9.69 Å². The SMILES string of the molecule is Cc1ccc2c(c1)N(C(=O)N1CCC[C@H](C(=O)NCc3cccc(Br)c3)C1)C[C@@H](C)O2. The van der Waals surface area contributed by atoms with Gasteiger partial charge in [0.25, 0.3) is 0 Å². The van der Waals surface area contributed by atoms with Gasteiger partial charge >= 0.3 is 6.03 Å². The highest BCUT2D eigenvalue weighted by atomic mass is 79.9. The molecule has 31 heavy (non-hydrogen) atoms. The Kier molecular flexibility index (Phi) is 6.51. The highest BCUT2D eigenvalue weighted by Gasteiger charge is 2.34. The molecule has 7 heteroatoms. The van der Waals surface area contributed by atoms with Crippen molar-refractivity contribution in [3.05, 3.63) is 58.1 Å². The van der Waals surface area contributed by atoms with Crippen molar-refractivity contribution in [2.75, 3.05) is 24.5 Å². The molecule has 0 aliphatic carbocycles. The van der Waals surface area contributed by atoms with Crippen LogP contribution in [0.15, 0.2) is 46.9 Å². The normalized spacial score (nSPS) is 20.6. The molecule has 2 aliphatic rings. The third kappa shape index (κ3) is 5.03. The Bertz CT molecular complexity index is 980. The van der Waals surface area contributed by atoms with Crippen molar-refractivity contribution in [1.29, 1.82) is 0 Å². The van der Waals surface area contributed by atoms with Crippen molar-refractivity contribution >= 4 is 33.6 Å². The first-order valence-corrected chi connectivity index (χ1v) is 11.6. The molecule has 1 fully saturated rings. The van der Waals surface area contributed by atoms with Gasteiger partial charge in [0.05, 0.1) is 18.2 Å². The molecule has 3 amide bonds. The summed E-state index contributed by atoms with van der Waals surface area (Å²) in [7, 11) is 0. The van der Waals surface area contributed by atoms with Crippen LogP contribution in [0.1, 0.15) is 30.9 Å². The van der Waals surface area contributed by atoms with Crippen molar-refractivity contribution in [3.63, 3.8) is 0 Å². The fourth-order valence-electron chi connectivity index (χ4n) is 4.24. The lowest BCUT2D eigenvalue weighted by Crippen LogP contribution is -2.53. The minimum absolute atomic E-state index is 0.00376. The van der Waals surface area contributed by atoms with Gasteiger partial charge in [0.2, 0.25) is 5.91 Å². The molecule has 1 saturated heterocycles. The molecule has 2 aromatic carbocycles. The Labute approximate surface area is 191 Å². The zero-order valence-corrected chi connectivity index (χ0v) is 19.5. The minimum Gasteiger partial charge on any atom is -0.487 e. The molecular formula is C24H28BrN3O3. The maximum absolute atomic E-state index is 13.4. The first kappa shape index (κ1) is 21.7. The summed E-state index contributed by atoms with van der Waals surface area (Å²) in [5.41, 5.74) is 2.93. The van der Waals surface area contributed by atoms with E-state index >= 15 is 0 Å². The number of rotatable bonds is 3. The van der Waals surface area contributed by atoms with E-state index in [4.69, 9.17) is 4.74 Å². The summed E-state index contributed by atoms with van der Waals surface area (Å²) >= 11 is 3.46. The Morgan fingerprint density at radius 1 is 1.19 bits per heavy atom. The van der Waals surface area contributed by atoms with Crippen LogP contribution in [0.4, 0.5) is 10.5 Å². The fourth-order valence-corrected chi connectivity index (χ4v) is 4.69. The number of carbonyl (C=O) groups excluding carboxylic acids is 2. The molecule has 6 nitrogen and oxygen atoms in total. The van der Waals surface area contributed by atoms with E-state index in [0.717, 1.165) is 39.9 Å². The second-order valence-corrected chi connectivity index (χ2v) is 9.34. The highest BCUT2D eigenvalue weighted by Crippen LogP contribution is 2.35. The third-order valence-electron chi connectivity index (χ3n) is 5.82. The standard InChI is InChI=1S/C24H28BrN3O3/c1-16-8-9-22-21(11-16)28(14-17(2)31-22)24(30)27-10-4-6-19(15-27)23(29)26-13-18-5-3-7-20(25)12-18/h3,5,7-9,11-12,17,19H,4,6,10,13-15H2,1-2H3,(H,26,29)/t17-,19+/m1/s1. The van der Waals surface area contributed by atoms with Crippen molar-refractivity contribution in [3.8, 4) is 5.75 Å². The van der Waals surface area contributed by atoms with E-state index in [9.17, 15) is 9.59 Å². The Morgan fingerprint density at radius 3 is 2.84 bits per heavy atom. The number of halogens is 1. The average molecular weight is 486 g/mol. The van der Waals surface area contributed by atoms with Crippen LogP contribution in [0.25, 0.3) is 0 Å².